The molecule has 1 aliphatic carbocycles. The van der Waals surface area contributed by atoms with Crippen molar-refractivity contribution < 1.29 is 34.1 Å². The van der Waals surface area contributed by atoms with E-state index in [0.29, 0.717) is 15.6 Å². The zero-order chi connectivity index (χ0) is 24.7. The number of aliphatic hydroxyl groups is 1. The number of ketones is 3. The van der Waals surface area contributed by atoms with E-state index in [2.05, 4.69) is 0 Å². The molecule has 2 heterocycles. The van der Waals surface area contributed by atoms with E-state index in [1.807, 2.05) is 0 Å². The number of carbonyl (C=O) groups is 3. The smallest absolute Gasteiger partial charge is 0.188 e. The molecule has 3 aliphatic rings. The summed E-state index contributed by atoms with van der Waals surface area (Å²) in [6, 6.07) is 4.86. The van der Waals surface area contributed by atoms with E-state index in [-0.39, 0.29) is 51.9 Å². The Hall–Kier alpha value is -3.29. The maximum Gasteiger partial charge on any atom is 0.188 e. The fraction of sp³-hybridized carbons (Fsp3) is 0.240. The van der Waals surface area contributed by atoms with Gasteiger partial charge >= 0.3 is 0 Å². The molecule has 0 amide bonds. The number of aliphatic hydroxyl groups excluding tert-OH is 1. The van der Waals surface area contributed by atoms with Crippen LogP contribution in [-0.4, -0.2) is 27.6 Å². The molecule has 0 bridgehead atoms. The highest BCUT2D eigenvalue weighted by molar-refractivity contribution is 6.35. The summed E-state index contributed by atoms with van der Waals surface area (Å²) in [4.78, 5) is 38.8. The van der Waals surface area contributed by atoms with E-state index in [1.54, 1.807) is 25.1 Å². The van der Waals surface area contributed by atoms with Crippen molar-refractivity contribution in [1.82, 2.24) is 0 Å². The highest BCUT2D eigenvalue weighted by atomic mass is 35.5. The van der Waals surface area contributed by atoms with Crippen LogP contribution in [0.4, 0.5) is 0 Å². The number of aromatic hydroxyl groups is 1. The Kier molecular flexibility index (Phi) is 4.87. The molecule has 0 fully saturated rings. The van der Waals surface area contributed by atoms with Gasteiger partial charge in [-0.2, -0.15) is 0 Å². The Bertz CT molecular complexity index is 1420. The Balaban J connectivity index is 1.69. The first-order valence-electron chi connectivity index (χ1n) is 10.4. The minimum absolute atomic E-state index is 0.00812. The molecule has 0 spiro atoms. The van der Waals surface area contributed by atoms with Crippen molar-refractivity contribution in [3.05, 3.63) is 73.7 Å². The molecule has 2 aromatic carbocycles. The second kappa shape index (κ2) is 7.35. The summed E-state index contributed by atoms with van der Waals surface area (Å²) >= 11 is 12.3. The van der Waals surface area contributed by atoms with Crippen LogP contribution in [-0.2, 0) is 15.0 Å². The first-order chi connectivity index (χ1) is 16.0. The second-order valence-electron chi connectivity index (χ2n) is 8.66. The van der Waals surface area contributed by atoms with Gasteiger partial charge in [-0.05, 0) is 32.9 Å². The number of phenols is 1. The molecule has 2 atom stereocenters. The number of benzene rings is 2. The van der Waals surface area contributed by atoms with Gasteiger partial charge in [0.05, 0.1) is 12.0 Å². The summed E-state index contributed by atoms with van der Waals surface area (Å²) in [6.45, 7) is 4.21. The number of carbonyl (C=O) groups excluding carboxylic acids is 3. The molecule has 0 saturated carbocycles. The van der Waals surface area contributed by atoms with E-state index in [4.69, 9.17) is 32.7 Å². The summed E-state index contributed by atoms with van der Waals surface area (Å²) in [5, 5.41) is 22.2. The number of fused-ring (bicyclic) bond motifs is 5. The van der Waals surface area contributed by atoms with Crippen molar-refractivity contribution in [1.29, 1.82) is 0 Å². The summed E-state index contributed by atoms with van der Waals surface area (Å²) in [7, 11) is 0. The first-order valence-corrected chi connectivity index (χ1v) is 11.2. The molecule has 174 valence electrons. The number of ether oxygens (including phenoxy) is 2. The molecular weight excluding hydrogens is 483 g/mol. The largest absolute Gasteiger partial charge is 0.507 e. The van der Waals surface area contributed by atoms with Crippen LogP contribution in [0.25, 0.3) is 0 Å². The molecule has 0 saturated heterocycles. The lowest BCUT2D eigenvalue weighted by atomic mass is 9.70. The lowest BCUT2D eigenvalue weighted by molar-refractivity contribution is -0.123. The molecule has 1 unspecified atom stereocenters. The molecule has 9 heteroatoms. The topological polar surface area (TPSA) is 110 Å². The monoisotopic (exact) mass is 500 g/mol. The molecule has 5 rings (SSSR count). The zero-order valence-electron chi connectivity index (χ0n) is 18.3. The maximum atomic E-state index is 13.4. The average molecular weight is 501 g/mol. The molecule has 7 nitrogen and oxygen atoms in total. The maximum absolute atomic E-state index is 13.4. The van der Waals surface area contributed by atoms with Crippen LogP contribution in [0.1, 0.15) is 53.4 Å². The van der Waals surface area contributed by atoms with Crippen molar-refractivity contribution in [2.75, 3.05) is 0 Å². The van der Waals surface area contributed by atoms with Gasteiger partial charge in [-0.1, -0.05) is 29.3 Å². The van der Waals surface area contributed by atoms with Crippen LogP contribution < -0.4 is 9.47 Å². The van der Waals surface area contributed by atoms with Gasteiger partial charge in [-0.25, -0.2) is 0 Å². The summed E-state index contributed by atoms with van der Waals surface area (Å²) < 4.78 is 12.0. The molecule has 2 N–H and O–H groups in total. The van der Waals surface area contributed by atoms with Gasteiger partial charge in [0, 0.05) is 27.2 Å². The highest BCUT2D eigenvalue weighted by Crippen LogP contribution is 2.59. The number of phenolic OH excluding ortho intramolecular Hbond substituents is 1. The van der Waals surface area contributed by atoms with Crippen LogP contribution >= 0.6 is 23.2 Å². The van der Waals surface area contributed by atoms with Gasteiger partial charge in [0.15, 0.2) is 17.3 Å². The van der Waals surface area contributed by atoms with E-state index in [9.17, 15) is 24.6 Å². The number of halogens is 2. The Morgan fingerprint density at radius 2 is 1.88 bits per heavy atom. The predicted molar refractivity (Wildman–Crippen MR) is 123 cm³/mol. The van der Waals surface area contributed by atoms with Crippen LogP contribution in [0.2, 0.25) is 10.0 Å². The number of allylic oxidation sites excluding steroid dienone is 3. The number of hydrogen-bond donors (Lipinski definition) is 2. The average Bonchev–Trinajstić information content (AvgIpc) is 3.04. The van der Waals surface area contributed by atoms with E-state index in [1.165, 1.54) is 19.9 Å². The third kappa shape index (κ3) is 2.87. The molecule has 2 aliphatic heterocycles. The fourth-order valence-corrected chi connectivity index (χ4v) is 5.34. The van der Waals surface area contributed by atoms with E-state index < -0.39 is 34.4 Å². The normalized spacial score (nSPS) is 23.0. The Morgan fingerprint density at radius 3 is 2.53 bits per heavy atom. The van der Waals surface area contributed by atoms with Gasteiger partial charge in [0.2, 0.25) is 0 Å². The molecule has 0 radical (unpaired) electrons. The summed E-state index contributed by atoms with van der Waals surface area (Å²) in [5.41, 5.74) is -1.05. The third-order valence-corrected chi connectivity index (χ3v) is 7.16. The molecule has 0 aromatic heterocycles. The second-order valence-corrected chi connectivity index (χ2v) is 9.51. The lowest BCUT2D eigenvalue weighted by Gasteiger charge is -2.30. The minimum Gasteiger partial charge on any atom is -0.507 e. The van der Waals surface area contributed by atoms with E-state index >= 15 is 0 Å². The SMILES string of the molecule is CC(=O)C1=C(O)C=C2Oc3c4c(c(C)c(O)c3[C@]2(C)C1=O)OC(c1ccc(Cl)cc1Cl)CC4=O. The van der Waals surface area contributed by atoms with Crippen molar-refractivity contribution in [2.24, 2.45) is 0 Å². The molecule has 34 heavy (non-hydrogen) atoms. The quantitative estimate of drug-likeness (QED) is 0.542. The van der Waals surface area contributed by atoms with Crippen LogP contribution in [0.3, 0.4) is 0 Å². The third-order valence-electron chi connectivity index (χ3n) is 6.59. The highest BCUT2D eigenvalue weighted by Gasteiger charge is 2.56. The predicted octanol–water partition coefficient (Wildman–Crippen LogP) is 5.23. The van der Waals surface area contributed by atoms with Crippen molar-refractivity contribution in [3.8, 4) is 17.2 Å². The number of rotatable bonds is 2. The van der Waals surface area contributed by atoms with Crippen molar-refractivity contribution in [3.63, 3.8) is 0 Å². The van der Waals surface area contributed by atoms with Crippen LogP contribution in [0.15, 0.2) is 41.4 Å². The van der Waals surface area contributed by atoms with Crippen molar-refractivity contribution in [2.45, 2.75) is 38.7 Å². The standard InChI is InChI=1S/C25H18Cl2O7/c1-9-21(31)20-23(34-17-8-15(30)18(10(2)28)24(32)25(17,20)3)19-14(29)7-16(33-22(9)19)12-5-4-11(26)6-13(12)27/h4-6,8,16,30-31H,7H2,1-3H3/t16?,25-/m1/s1. The van der Waals surface area contributed by atoms with Crippen LogP contribution in [0.5, 0.6) is 17.2 Å². The fourth-order valence-electron chi connectivity index (χ4n) is 4.81. The number of hydrogen-bond acceptors (Lipinski definition) is 7. The molecular formula is C25H18Cl2O7. The van der Waals surface area contributed by atoms with E-state index in [0.717, 1.165) is 0 Å². The Labute approximate surface area is 204 Å². The first kappa shape index (κ1) is 22.5. The van der Waals surface area contributed by atoms with Gasteiger partial charge in [0.1, 0.15) is 51.4 Å². The van der Waals surface area contributed by atoms with Gasteiger partial charge in [0.25, 0.3) is 0 Å². The summed E-state index contributed by atoms with van der Waals surface area (Å²) in [5.74, 6) is -2.41. The number of Topliss-reactive ketones (excluding diaryl/α,β-unsaturated/α-hetero) is 3. The minimum atomic E-state index is -1.59. The van der Waals surface area contributed by atoms with Gasteiger partial charge in [-0.3, -0.25) is 14.4 Å². The zero-order valence-corrected chi connectivity index (χ0v) is 19.8. The van der Waals surface area contributed by atoms with Gasteiger partial charge < -0.3 is 19.7 Å². The lowest BCUT2D eigenvalue weighted by Crippen LogP contribution is -2.38. The summed E-state index contributed by atoms with van der Waals surface area (Å²) in [6.07, 6.45) is 0.375. The van der Waals surface area contributed by atoms with Crippen molar-refractivity contribution >= 4 is 40.6 Å². The Morgan fingerprint density at radius 1 is 1.18 bits per heavy atom. The molecule has 2 aromatic rings. The van der Waals surface area contributed by atoms with Gasteiger partial charge in [-0.15, -0.1) is 0 Å². The van der Waals surface area contributed by atoms with Crippen LogP contribution in [0, 0.1) is 6.92 Å².